The van der Waals surface area contributed by atoms with E-state index in [2.05, 4.69) is 4.98 Å². The van der Waals surface area contributed by atoms with E-state index in [-0.39, 0.29) is 12.3 Å². The monoisotopic (exact) mass is 334 g/mol. The van der Waals surface area contributed by atoms with Gasteiger partial charge in [-0.25, -0.2) is 4.98 Å². The van der Waals surface area contributed by atoms with Crippen LogP contribution in [-0.4, -0.2) is 26.5 Å². The average molecular weight is 334 g/mol. The fourth-order valence-corrected chi connectivity index (χ4v) is 2.54. The molecule has 0 aliphatic carbocycles. The Kier molecular flexibility index (Phi) is 4.61. The van der Waals surface area contributed by atoms with Gasteiger partial charge < -0.3 is 15.4 Å². The summed E-state index contributed by atoms with van der Waals surface area (Å²) in [6.07, 6.45) is 4.03. The summed E-state index contributed by atoms with van der Waals surface area (Å²) in [6, 6.07) is 15.5. The SMILES string of the molecule is N=C(N)c1ccc(-c2ccc(-n3cnc(CCC(=O)O)c3)cc2)cc1. The first-order valence-electron chi connectivity index (χ1n) is 7.83. The number of nitrogens with zero attached hydrogens (tertiary/aromatic N) is 2. The Hall–Kier alpha value is -3.41. The third-order valence-electron chi connectivity index (χ3n) is 3.93. The molecule has 0 amide bonds. The first-order valence-corrected chi connectivity index (χ1v) is 7.83. The number of nitrogen functional groups attached to an aromatic ring is 1. The predicted octanol–water partition coefficient (Wildman–Crippen LogP) is 2.84. The molecule has 4 N–H and O–H groups in total. The van der Waals surface area contributed by atoms with E-state index in [0.717, 1.165) is 22.5 Å². The molecule has 0 spiro atoms. The smallest absolute Gasteiger partial charge is 0.303 e. The van der Waals surface area contributed by atoms with Crippen molar-refractivity contribution >= 4 is 11.8 Å². The number of amidine groups is 1. The summed E-state index contributed by atoms with van der Waals surface area (Å²) in [5.74, 6) is -0.768. The number of benzene rings is 2. The molecule has 0 saturated carbocycles. The van der Waals surface area contributed by atoms with E-state index in [1.165, 1.54) is 0 Å². The second-order valence-corrected chi connectivity index (χ2v) is 5.70. The third-order valence-corrected chi connectivity index (χ3v) is 3.93. The lowest BCUT2D eigenvalue weighted by Gasteiger charge is -2.06. The van der Waals surface area contributed by atoms with Crippen LogP contribution in [0, 0.1) is 5.41 Å². The Balaban J connectivity index is 1.76. The molecular formula is C19H18N4O2. The molecule has 0 aliphatic heterocycles. The molecule has 6 nitrogen and oxygen atoms in total. The van der Waals surface area contributed by atoms with E-state index in [1.807, 2.05) is 59.3 Å². The molecule has 0 bridgehead atoms. The lowest BCUT2D eigenvalue weighted by Crippen LogP contribution is -2.10. The van der Waals surface area contributed by atoms with Gasteiger partial charge >= 0.3 is 5.97 Å². The Morgan fingerprint density at radius 2 is 1.68 bits per heavy atom. The van der Waals surface area contributed by atoms with E-state index in [0.29, 0.717) is 12.0 Å². The number of rotatable bonds is 6. The molecule has 1 heterocycles. The summed E-state index contributed by atoms with van der Waals surface area (Å²) < 4.78 is 1.87. The summed E-state index contributed by atoms with van der Waals surface area (Å²) in [4.78, 5) is 14.9. The maximum atomic E-state index is 10.6. The Morgan fingerprint density at radius 1 is 1.08 bits per heavy atom. The number of carbonyl (C=O) groups is 1. The minimum atomic E-state index is -0.824. The molecule has 0 unspecified atom stereocenters. The van der Waals surface area contributed by atoms with Gasteiger partial charge in [-0.3, -0.25) is 10.2 Å². The molecule has 1 aromatic heterocycles. The largest absolute Gasteiger partial charge is 0.481 e. The zero-order valence-electron chi connectivity index (χ0n) is 13.5. The van der Waals surface area contributed by atoms with Gasteiger partial charge in [-0.2, -0.15) is 0 Å². The van der Waals surface area contributed by atoms with Crippen molar-refractivity contribution in [3.63, 3.8) is 0 Å². The number of aromatic nitrogens is 2. The Bertz CT molecular complexity index is 896. The van der Waals surface area contributed by atoms with E-state index in [4.69, 9.17) is 16.2 Å². The number of hydrogen-bond donors (Lipinski definition) is 3. The second-order valence-electron chi connectivity index (χ2n) is 5.70. The number of nitrogens with two attached hydrogens (primary N) is 1. The average Bonchev–Trinajstić information content (AvgIpc) is 3.09. The molecule has 3 rings (SSSR count). The number of hydrogen-bond acceptors (Lipinski definition) is 3. The van der Waals surface area contributed by atoms with Gasteiger partial charge in [-0.15, -0.1) is 0 Å². The molecule has 0 saturated heterocycles. The van der Waals surface area contributed by atoms with Crippen LogP contribution in [0.5, 0.6) is 0 Å². The molecular weight excluding hydrogens is 316 g/mol. The van der Waals surface area contributed by atoms with Crippen molar-refractivity contribution < 1.29 is 9.90 Å². The number of aryl methyl sites for hydroxylation is 1. The van der Waals surface area contributed by atoms with Crippen LogP contribution >= 0.6 is 0 Å². The van der Waals surface area contributed by atoms with E-state index in [1.54, 1.807) is 6.33 Å². The lowest BCUT2D eigenvalue weighted by molar-refractivity contribution is -0.136. The minimum Gasteiger partial charge on any atom is -0.481 e. The van der Waals surface area contributed by atoms with Crippen LogP contribution in [0.3, 0.4) is 0 Å². The van der Waals surface area contributed by atoms with Crippen LogP contribution in [0.25, 0.3) is 16.8 Å². The number of carboxylic acid groups (broad SMARTS) is 1. The normalized spacial score (nSPS) is 10.6. The summed E-state index contributed by atoms with van der Waals surface area (Å²) >= 11 is 0. The molecule has 126 valence electrons. The number of nitrogens with one attached hydrogen (secondary N) is 1. The van der Waals surface area contributed by atoms with Crippen LogP contribution in [0.15, 0.2) is 61.1 Å². The quantitative estimate of drug-likeness (QED) is 0.476. The summed E-state index contributed by atoms with van der Waals surface area (Å²) in [6.45, 7) is 0. The highest BCUT2D eigenvalue weighted by Gasteiger charge is 2.05. The van der Waals surface area contributed by atoms with Gasteiger partial charge in [0.1, 0.15) is 5.84 Å². The van der Waals surface area contributed by atoms with Crippen LogP contribution < -0.4 is 5.73 Å². The van der Waals surface area contributed by atoms with Crippen molar-refractivity contribution in [1.82, 2.24) is 9.55 Å². The summed E-state index contributed by atoms with van der Waals surface area (Å²) in [7, 11) is 0. The number of aliphatic carboxylic acids is 1. The predicted molar refractivity (Wildman–Crippen MR) is 96.0 cm³/mol. The summed E-state index contributed by atoms with van der Waals surface area (Å²) in [5.41, 5.74) is 9.99. The van der Waals surface area contributed by atoms with Gasteiger partial charge in [0, 0.05) is 23.9 Å². The van der Waals surface area contributed by atoms with Crippen molar-refractivity contribution in [2.45, 2.75) is 12.8 Å². The van der Waals surface area contributed by atoms with Gasteiger partial charge in [0.25, 0.3) is 0 Å². The molecule has 0 atom stereocenters. The first-order chi connectivity index (χ1) is 12.0. The van der Waals surface area contributed by atoms with Gasteiger partial charge in [0.05, 0.1) is 18.4 Å². The maximum Gasteiger partial charge on any atom is 0.303 e. The van der Waals surface area contributed by atoms with Crippen molar-refractivity contribution in [3.05, 3.63) is 72.3 Å². The number of imidazole rings is 1. The Labute approximate surface area is 145 Å². The van der Waals surface area contributed by atoms with Crippen molar-refractivity contribution in [3.8, 4) is 16.8 Å². The van der Waals surface area contributed by atoms with Crippen molar-refractivity contribution in [1.29, 1.82) is 5.41 Å². The van der Waals surface area contributed by atoms with Crippen LogP contribution in [0.4, 0.5) is 0 Å². The fourth-order valence-electron chi connectivity index (χ4n) is 2.54. The topological polar surface area (TPSA) is 105 Å². The second kappa shape index (κ2) is 7.00. The van der Waals surface area contributed by atoms with Crippen LogP contribution in [-0.2, 0) is 11.2 Å². The van der Waals surface area contributed by atoms with Crippen molar-refractivity contribution in [2.24, 2.45) is 5.73 Å². The molecule has 6 heteroatoms. The minimum absolute atomic E-state index is 0.0562. The van der Waals surface area contributed by atoms with Gasteiger partial charge in [-0.1, -0.05) is 36.4 Å². The van der Waals surface area contributed by atoms with E-state index in [9.17, 15) is 4.79 Å². The first kappa shape index (κ1) is 16.4. The molecule has 0 fully saturated rings. The molecule has 0 aliphatic rings. The summed E-state index contributed by atoms with van der Waals surface area (Å²) in [5, 5.41) is 16.2. The van der Waals surface area contributed by atoms with Crippen LogP contribution in [0.1, 0.15) is 17.7 Å². The maximum absolute atomic E-state index is 10.6. The molecule has 2 aromatic carbocycles. The van der Waals surface area contributed by atoms with Crippen LogP contribution in [0.2, 0.25) is 0 Å². The standard InChI is InChI=1S/C19H18N4O2/c20-19(21)15-3-1-13(2-4-15)14-5-8-17(9-6-14)23-11-16(22-12-23)7-10-18(24)25/h1-6,8-9,11-12H,7,10H2,(H3,20,21)(H,24,25). The molecule has 0 radical (unpaired) electrons. The van der Waals surface area contributed by atoms with Gasteiger partial charge in [0.15, 0.2) is 0 Å². The highest BCUT2D eigenvalue weighted by molar-refractivity contribution is 5.95. The lowest BCUT2D eigenvalue weighted by atomic mass is 10.0. The fraction of sp³-hybridized carbons (Fsp3) is 0.105. The number of carboxylic acids is 1. The highest BCUT2D eigenvalue weighted by Crippen LogP contribution is 2.21. The van der Waals surface area contributed by atoms with Gasteiger partial charge in [0.2, 0.25) is 0 Å². The molecule has 25 heavy (non-hydrogen) atoms. The van der Waals surface area contributed by atoms with Gasteiger partial charge in [-0.05, 0) is 23.3 Å². The highest BCUT2D eigenvalue weighted by atomic mass is 16.4. The zero-order chi connectivity index (χ0) is 17.8. The zero-order valence-corrected chi connectivity index (χ0v) is 13.5. The van der Waals surface area contributed by atoms with Crippen molar-refractivity contribution in [2.75, 3.05) is 0 Å². The molecule has 3 aromatic rings. The van der Waals surface area contributed by atoms with E-state index < -0.39 is 5.97 Å². The Morgan fingerprint density at radius 3 is 2.24 bits per heavy atom. The third kappa shape index (κ3) is 3.92. The van der Waals surface area contributed by atoms with E-state index >= 15 is 0 Å².